The van der Waals surface area contributed by atoms with E-state index in [0.717, 1.165) is 12.1 Å². The van der Waals surface area contributed by atoms with Crippen LogP contribution >= 0.6 is 0 Å². The van der Waals surface area contributed by atoms with E-state index in [4.69, 9.17) is 0 Å². The lowest BCUT2D eigenvalue weighted by Gasteiger charge is -2.29. The summed E-state index contributed by atoms with van der Waals surface area (Å²) in [6.07, 6.45) is 4.92. The molecule has 2 saturated carbocycles. The molecule has 0 unspecified atom stereocenters. The van der Waals surface area contributed by atoms with Crippen LogP contribution in [0.4, 0.5) is 0 Å². The van der Waals surface area contributed by atoms with Gasteiger partial charge < -0.3 is 10.0 Å². The van der Waals surface area contributed by atoms with Crippen molar-refractivity contribution >= 4 is 11.7 Å². The lowest BCUT2D eigenvalue weighted by atomic mass is 9.87. The van der Waals surface area contributed by atoms with Crippen molar-refractivity contribution in [2.75, 3.05) is 6.54 Å². The quantitative estimate of drug-likeness (QED) is 0.909. The van der Waals surface area contributed by atoms with E-state index in [2.05, 4.69) is 0 Å². The molecule has 0 aromatic heterocycles. The van der Waals surface area contributed by atoms with E-state index in [0.29, 0.717) is 38.1 Å². The molecule has 4 heteroatoms. The van der Waals surface area contributed by atoms with Crippen LogP contribution in [0.25, 0.3) is 0 Å². The van der Waals surface area contributed by atoms with Crippen molar-refractivity contribution in [2.24, 2.45) is 11.8 Å². The maximum Gasteiger partial charge on any atom is 0.226 e. The van der Waals surface area contributed by atoms with Crippen LogP contribution in [0, 0.1) is 11.8 Å². The average Bonchev–Trinajstić information content (AvgIpc) is 3.33. The number of aromatic hydroxyl groups is 1. The molecule has 4 nitrogen and oxygen atoms in total. The summed E-state index contributed by atoms with van der Waals surface area (Å²) >= 11 is 0. The minimum atomic E-state index is 0.00793. The fourth-order valence-electron chi connectivity index (χ4n) is 3.11. The molecule has 118 valence electrons. The Labute approximate surface area is 131 Å². The van der Waals surface area contributed by atoms with Gasteiger partial charge in [-0.05, 0) is 49.3 Å². The summed E-state index contributed by atoms with van der Waals surface area (Å²) in [5.41, 5.74) is 1.04. The number of Topliss-reactive ketones (excluding diaryl/α,β-unsaturated/α-hetero) is 1. The molecule has 0 aliphatic heterocycles. The maximum atomic E-state index is 12.8. The van der Waals surface area contributed by atoms with E-state index < -0.39 is 0 Å². The fourth-order valence-corrected chi connectivity index (χ4v) is 3.11. The van der Waals surface area contributed by atoms with Gasteiger partial charge in [0, 0.05) is 31.8 Å². The van der Waals surface area contributed by atoms with E-state index in [1.165, 1.54) is 12.8 Å². The molecule has 22 heavy (non-hydrogen) atoms. The van der Waals surface area contributed by atoms with Gasteiger partial charge >= 0.3 is 0 Å². The van der Waals surface area contributed by atoms with Gasteiger partial charge in [-0.15, -0.1) is 0 Å². The summed E-state index contributed by atoms with van der Waals surface area (Å²) in [5, 5.41) is 9.37. The highest BCUT2D eigenvalue weighted by atomic mass is 16.3. The Morgan fingerprint density at radius 3 is 2.32 bits per heavy atom. The van der Waals surface area contributed by atoms with E-state index >= 15 is 0 Å². The molecule has 0 saturated heterocycles. The standard InChI is InChI=1S/C18H23NO3/c20-16-7-3-14(4-8-16)12-19(11-13-1-2-13)18(22)15-5-9-17(21)10-6-15/h3-4,7-8,13,15,20H,1-2,5-6,9-12H2. The van der Waals surface area contributed by atoms with Crippen molar-refractivity contribution < 1.29 is 14.7 Å². The predicted molar refractivity (Wildman–Crippen MR) is 83.2 cm³/mol. The first kappa shape index (κ1) is 15.1. The Kier molecular flexibility index (Phi) is 4.46. The average molecular weight is 301 g/mol. The van der Waals surface area contributed by atoms with Crippen LogP contribution in [0.2, 0.25) is 0 Å². The van der Waals surface area contributed by atoms with Gasteiger partial charge in [0.05, 0.1) is 0 Å². The molecule has 1 aromatic carbocycles. The molecule has 2 aliphatic rings. The number of rotatable bonds is 5. The molecule has 0 bridgehead atoms. The smallest absolute Gasteiger partial charge is 0.226 e. The molecule has 0 spiro atoms. The monoisotopic (exact) mass is 301 g/mol. The summed E-state index contributed by atoms with van der Waals surface area (Å²) in [6.45, 7) is 1.42. The Balaban J connectivity index is 1.66. The number of benzene rings is 1. The van der Waals surface area contributed by atoms with Gasteiger partial charge in [0.2, 0.25) is 5.91 Å². The van der Waals surface area contributed by atoms with Crippen molar-refractivity contribution in [3.63, 3.8) is 0 Å². The Morgan fingerprint density at radius 1 is 1.09 bits per heavy atom. The Hall–Kier alpha value is -1.84. The van der Waals surface area contributed by atoms with Crippen molar-refractivity contribution in [3.05, 3.63) is 29.8 Å². The van der Waals surface area contributed by atoms with Gasteiger partial charge in [0.1, 0.15) is 11.5 Å². The number of phenols is 1. The number of nitrogens with zero attached hydrogens (tertiary/aromatic N) is 1. The second kappa shape index (κ2) is 6.51. The molecule has 1 aromatic rings. The second-order valence-electron chi connectivity index (χ2n) is 6.64. The van der Waals surface area contributed by atoms with Crippen LogP contribution in [0.15, 0.2) is 24.3 Å². The molecule has 0 radical (unpaired) electrons. The van der Waals surface area contributed by atoms with Crippen LogP contribution in [0.5, 0.6) is 5.75 Å². The van der Waals surface area contributed by atoms with Crippen LogP contribution in [0.3, 0.4) is 0 Å². The summed E-state index contributed by atoms with van der Waals surface area (Å²) < 4.78 is 0. The highest BCUT2D eigenvalue weighted by Crippen LogP contribution is 2.32. The molecule has 3 rings (SSSR count). The minimum absolute atomic E-state index is 0.00793. The van der Waals surface area contributed by atoms with E-state index in [1.54, 1.807) is 12.1 Å². The molecule has 0 atom stereocenters. The third-order valence-corrected chi connectivity index (χ3v) is 4.69. The van der Waals surface area contributed by atoms with Gasteiger partial charge in [-0.25, -0.2) is 0 Å². The van der Waals surface area contributed by atoms with Crippen LogP contribution in [-0.2, 0) is 16.1 Å². The minimum Gasteiger partial charge on any atom is -0.508 e. The van der Waals surface area contributed by atoms with Gasteiger partial charge in [-0.2, -0.15) is 0 Å². The van der Waals surface area contributed by atoms with E-state index in [9.17, 15) is 14.7 Å². The maximum absolute atomic E-state index is 12.8. The zero-order valence-corrected chi connectivity index (χ0v) is 12.8. The van der Waals surface area contributed by atoms with Crippen molar-refractivity contribution in [1.29, 1.82) is 0 Å². The van der Waals surface area contributed by atoms with Crippen molar-refractivity contribution in [3.8, 4) is 5.75 Å². The summed E-state index contributed by atoms with van der Waals surface area (Å²) in [6, 6.07) is 7.06. The molecule has 2 fully saturated rings. The SMILES string of the molecule is O=C1CCC(C(=O)N(Cc2ccc(O)cc2)CC2CC2)CC1. The number of hydrogen-bond donors (Lipinski definition) is 1. The third kappa shape index (κ3) is 3.87. The number of carbonyl (C=O) groups excluding carboxylic acids is 2. The van der Waals surface area contributed by atoms with Gasteiger partial charge in [0.25, 0.3) is 0 Å². The summed E-state index contributed by atoms with van der Waals surface area (Å²) in [7, 11) is 0. The number of phenolic OH excluding ortho intramolecular Hbond substituents is 1. The van der Waals surface area contributed by atoms with Crippen LogP contribution in [-0.4, -0.2) is 28.2 Å². The number of hydrogen-bond acceptors (Lipinski definition) is 3. The van der Waals surface area contributed by atoms with Gasteiger partial charge in [-0.1, -0.05) is 12.1 Å². The van der Waals surface area contributed by atoms with E-state index in [1.807, 2.05) is 17.0 Å². The first-order chi connectivity index (χ1) is 10.6. The molecule has 2 aliphatic carbocycles. The van der Waals surface area contributed by atoms with Gasteiger partial charge in [0.15, 0.2) is 0 Å². The van der Waals surface area contributed by atoms with Crippen LogP contribution < -0.4 is 0 Å². The zero-order chi connectivity index (χ0) is 15.5. The lowest BCUT2D eigenvalue weighted by Crippen LogP contribution is -2.38. The van der Waals surface area contributed by atoms with Crippen molar-refractivity contribution in [2.45, 2.75) is 45.1 Å². The first-order valence-electron chi connectivity index (χ1n) is 8.20. The first-order valence-corrected chi connectivity index (χ1v) is 8.20. The highest BCUT2D eigenvalue weighted by Gasteiger charge is 2.32. The normalized spacial score (nSPS) is 19.2. The second-order valence-corrected chi connectivity index (χ2v) is 6.64. The molecular weight excluding hydrogens is 278 g/mol. The van der Waals surface area contributed by atoms with Crippen LogP contribution in [0.1, 0.15) is 44.1 Å². The topological polar surface area (TPSA) is 57.6 Å². The molecule has 0 heterocycles. The molecular formula is C18H23NO3. The third-order valence-electron chi connectivity index (χ3n) is 4.69. The lowest BCUT2D eigenvalue weighted by molar-refractivity contribution is -0.138. The zero-order valence-electron chi connectivity index (χ0n) is 12.8. The predicted octanol–water partition coefficient (Wildman–Crippen LogP) is 2.89. The van der Waals surface area contributed by atoms with Gasteiger partial charge in [-0.3, -0.25) is 9.59 Å². The molecule has 1 N–H and O–H groups in total. The van der Waals surface area contributed by atoms with E-state index in [-0.39, 0.29) is 23.4 Å². The number of amides is 1. The summed E-state index contributed by atoms with van der Waals surface area (Å²) in [4.78, 5) is 26.1. The summed E-state index contributed by atoms with van der Waals surface area (Å²) in [5.74, 6) is 1.39. The Morgan fingerprint density at radius 2 is 1.73 bits per heavy atom. The largest absolute Gasteiger partial charge is 0.508 e. The highest BCUT2D eigenvalue weighted by molar-refractivity contribution is 5.84. The fraction of sp³-hybridized carbons (Fsp3) is 0.556. The Bertz CT molecular complexity index is 538. The number of carbonyl (C=O) groups is 2. The molecule has 1 amide bonds. The number of ketones is 1. The van der Waals surface area contributed by atoms with Crippen molar-refractivity contribution in [1.82, 2.24) is 4.90 Å².